The molecule has 0 aliphatic carbocycles. The fourth-order valence-electron chi connectivity index (χ4n) is 1.30. The van der Waals surface area contributed by atoms with E-state index in [0.717, 1.165) is 3.57 Å². The van der Waals surface area contributed by atoms with Crippen molar-refractivity contribution in [3.63, 3.8) is 0 Å². The first-order chi connectivity index (χ1) is 7.97. The fraction of sp³-hybridized carbons (Fsp3) is 0.333. The molecule has 0 N–H and O–H groups in total. The van der Waals surface area contributed by atoms with Crippen molar-refractivity contribution in [3.8, 4) is 6.07 Å². The molecule has 0 heterocycles. The summed E-state index contributed by atoms with van der Waals surface area (Å²) in [4.78, 5) is 13.6. The summed E-state index contributed by atoms with van der Waals surface area (Å²) in [6, 6.07) is 7.15. The van der Waals surface area contributed by atoms with E-state index in [4.69, 9.17) is 16.9 Å². The number of carbonyl (C=O) groups excluding carboxylic acids is 1. The van der Waals surface area contributed by atoms with Crippen LogP contribution < -0.4 is 0 Å². The van der Waals surface area contributed by atoms with E-state index in [1.165, 1.54) is 0 Å². The van der Waals surface area contributed by atoms with Crippen LogP contribution >= 0.6 is 34.2 Å². The van der Waals surface area contributed by atoms with Gasteiger partial charge >= 0.3 is 0 Å². The summed E-state index contributed by atoms with van der Waals surface area (Å²) in [5.74, 6) is -0.119. The van der Waals surface area contributed by atoms with Gasteiger partial charge in [-0.3, -0.25) is 4.79 Å². The molecule has 0 fully saturated rings. The third-order valence-electron chi connectivity index (χ3n) is 2.53. The molecule has 0 bridgehead atoms. The molecule has 0 saturated heterocycles. The maximum Gasteiger partial charge on any atom is 0.253 e. The van der Waals surface area contributed by atoms with Crippen LogP contribution in [0.3, 0.4) is 0 Å². The zero-order chi connectivity index (χ0) is 13.0. The molecule has 0 saturated carbocycles. The minimum Gasteiger partial charge on any atom is -0.338 e. The summed E-state index contributed by atoms with van der Waals surface area (Å²) in [5.41, 5.74) is 0.544. The van der Waals surface area contributed by atoms with Crippen molar-refractivity contribution < 1.29 is 4.79 Å². The van der Waals surface area contributed by atoms with Gasteiger partial charge in [0.05, 0.1) is 17.5 Å². The Hall–Kier alpha value is -0.800. The summed E-state index contributed by atoms with van der Waals surface area (Å²) in [6.07, 6.45) is 0.320. The average Bonchev–Trinajstić information content (AvgIpc) is 2.31. The molecule has 0 aromatic heterocycles. The Morgan fingerprint density at radius 3 is 2.82 bits per heavy atom. The summed E-state index contributed by atoms with van der Waals surface area (Å²) < 4.78 is 0.911. The lowest BCUT2D eigenvalue weighted by molar-refractivity contribution is 0.0746. The Bertz CT molecular complexity index is 470. The smallest absolute Gasteiger partial charge is 0.253 e. The van der Waals surface area contributed by atoms with Crippen molar-refractivity contribution in [2.75, 3.05) is 7.05 Å². The van der Waals surface area contributed by atoms with Crippen molar-refractivity contribution in [3.05, 3.63) is 32.4 Å². The molecular formula is C12H12ClIN2O. The first-order valence-corrected chi connectivity index (χ1v) is 6.52. The number of benzene rings is 1. The Labute approximate surface area is 120 Å². The number of halogens is 2. The predicted molar refractivity (Wildman–Crippen MR) is 76.0 cm³/mol. The van der Waals surface area contributed by atoms with Gasteiger partial charge in [-0.1, -0.05) is 11.6 Å². The van der Waals surface area contributed by atoms with E-state index >= 15 is 0 Å². The van der Waals surface area contributed by atoms with E-state index in [1.807, 2.05) is 6.92 Å². The number of nitrogens with zero attached hydrogens (tertiary/aromatic N) is 2. The zero-order valence-electron chi connectivity index (χ0n) is 9.58. The molecule has 5 heteroatoms. The second-order valence-electron chi connectivity index (χ2n) is 3.76. The number of nitriles is 1. The van der Waals surface area contributed by atoms with E-state index in [0.29, 0.717) is 17.0 Å². The molecule has 1 aromatic rings. The maximum absolute atomic E-state index is 12.1. The van der Waals surface area contributed by atoms with Crippen LogP contribution in [-0.4, -0.2) is 23.9 Å². The molecule has 1 amide bonds. The van der Waals surface area contributed by atoms with Crippen molar-refractivity contribution >= 4 is 40.1 Å². The van der Waals surface area contributed by atoms with Gasteiger partial charge in [-0.2, -0.15) is 5.26 Å². The largest absolute Gasteiger partial charge is 0.338 e. The summed E-state index contributed by atoms with van der Waals surface area (Å²) in [7, 11) is 1.69. The highest BCUT2D eigenvalue weighted by Gasteiger charge is 2.17. The van der Waals surface area contributed by atoms with Gasteiger partial charge in [0, 0.05) is 22.2 Å². The van der Waals surface area contributed by atoms with Gasteiger partial charge in [-0.15, -0.1) is 0 Å². The molecule has 0 aliphatic rings. The van der Waals surface area contributed by atoms with Gasteiger partial charge in [0.15, 0.2) is 0 Å². The SMILES string of the molecule is CC(CC#N)N(C)C(=O)c1ccc(I)c(Cl)c1. The molecular weight excluding hydrogens is 351 g/mol. The highest BCUT2D eigenvalue weighted by Crippen LogP contribution is 2.20. The van der Waals surface area contributed by atoms with Crippen molar-refractivity contribution in [2.45, 2.75) is 19.4 Å². The van der Waals surface area contributed by atoms with E-state index in [9.17, 15) is 4.79 Å². The van der Waals surface area contributed by atoms with Gasteiger partial charge in [0.25, 0.3) is 5.91 Å². The molecule has 1 aromatic carbocycles. The lowest BCUT2D eigenvalue weighted by Crippen LogP contribution is -2.34. The molecule has 1 atom stereocenters. The lowest BCUT2D eigenvalue weighted by Gasteiger charge is -2.23. The van der Waals surface area contributed by atoms with Gasteiger partial charge in [0.2, 0.25) is 0 Å². The number of hydrogen-bond donors (Lipinski definition) is 0. The third kappa shape index (κ3) is 3.58. The van der Waals surface area contributed by atoms with Crippen LogP contribution in [-0.2, 0) is 0 Å². The van der Waals surface area contributed by atoms with Crippen molar-refractivity contribution in [2.24, 2.45) is 0 Å². The molecule has 17 heavy (non-hydrogen) atoms. The molecule has 0 spiro atoms. The summed E-state index contributed by atoms with van der Waals surface area (Å²) >= 11 is 8.08. The van der Waals surface area contributed by atoms with E-state index in [1.54, 1.807) is 30.1 Å². The molecule has 1 rings (SSSR count). The minimum absolute atomic E-state index is 0.106. The summed E-state index contributed by atoms with van der Waals surface area (Å²) in [6.45, 7) is 1.84. The van der Waals surface area contributed by atoms with E-state index < -0.39 is 0 Å². The monoisotopic (exact) mass is 362 g/mol. The number of hydrogen-bond acceptors (Lipinski definition) is 2. The Morgan fingerprint density at radius 1 is 1.65 bits per heavy atom. The van der Waals surface area contributed by atoms with Gasteiger partial charge in [-0.05, 0) is 47.7 Å². The Balaban J connectivity index is 2.89. The normalized spacial score (nSPS) is 11.7. The predicted octanol–water partition coefficient (Wildman–Crippen LogP) is 3.32. The number of rotatable bonds is 3. The third-order valence-corrected chi connectivity index (χ3v) is 4.11. The molecule has 0 radical (unpaired) electrons. The first kappa shape index (κ1) is 14.3. The highest BCUT2D eigenvalue weighted by atomic mass is 127. The maximum atomic E-state index is 12.1. The van der Waals surface area contributed by atoms with Crippen molar-refractivity contribution in [1.29, 1.82) is 5.26 Å². The van der Waals surface area contributed by atoms with Gasteiger partial charge in [-0.25, -0.2) is 0 Å². The van der Waals surface area contributed by atoms with Crippen LogP contribution in [0.15, 0.2) is 18.2 Å². The number of carbonyl (C=O) groups is 1. The fourth-order valence-corrected chi connectivity index (χ4v) is 1.82. The second kappa shape index (κ2) is 6.22. The quantitative estimate of drug-likeness (QED) is 0.774. The molecule has 0 aliphatic heterocycles. The van der Waals surface area contributed by atoms with Gasteiger partial charge in [0.1, 0.15) is 0 Å². The molecule has 90 valence electrons. The first-order valence-electron chi connectivity index (χ1n) is 5.06. The Morgan fingerprint density at radius 2 is 2.29 bits per heavy atom. The lowest BCUT2D eigenvalue weighted by atomic mass is 10.1. The van der Waals surface area contributed by atoms with Crippen LogP contribution in [0.2, 0.25) is 5.02 Å². The highest BCUT2D eigenvalue weighted by molar-refractivity contribution is 14.1. The Kier molecular flexibility index (Phi) is 5.22. The second-order valence-corrected chi connectivity index (χ2v) is 5.33. The van der Waals surface area contributed by atoms with Crippen LogP contribution in [0.1, 0.15) is 23.7 Å². The van der Waals surface area contributed by atoms with Crippen LogP contribution in [0.25, 0.3) is 0 Å². The van der Waals surface area contributed by atoms with E-state index in [-0.39, 0.29) is 11.9 Å². The summed E-state index contributed by atoms with van der Waals surface area (Å²) in [5, 5.41) is 9.18. The standard InChI is InChI=1S/C12H12ClIN2O/c1-8(5-6-15)16(2)12(17)9-3-4-11(14)10(13)7-9/h3-4,7-8H,5H2,1-2H3. The molecule has 1 unspecified atom stereocenters. The average molecular weight is 363 g/mol. The van der Waals surface area contributed by atoms with Crippen molar-refractivity contribution in [1.82, 2.24) is 4.90 Å². The van der Waals surface area contributed by atoms with E-state index in [2.05, 4.69) is 28.7 Å². The van der Waals surface area contributed by atoms with Crippen LogP contribution in [0.4, 0.5) is 0 Å². The van der Waals surface area contributed by atoms with Crippen LogP contribution in [0, 0.1) is 14.9 Å². The van der Waals surface area contributed by atoms with Gasteiger partial charge < -0.3 is 4.90 Å². The van der Waals surface area contributed by atoms with Crippen LogP contribution in [0.5, 0.6) is 0 Å². The minimum atomic E-state index is -0.119. The zero-order valence-corrected chi connectivity index (χ0v) is 12.5. The number of amides is 1. The topological polar surface area (TPSA) is 44.1 Å². The molecule has 3 nitrogen and oxygen atoms in total.